The van der Waals surface area contributed by atoms with Crippen molar-refractivity contribution < 1.29 is 0 Å². The van der Waals surface area contributed by atoms with Crippen LogP contribution in [-0.2, 0) is 0 Å². The Morgan fingerprint density at radius 1 is 0.345 bits per heavy atom. The molecule has 0 heterocycles. The molecule has 4 aliphatic rings. The molecular weight excluding hydrogens is 455 g/mol. The molecule has 0 N–H and O–H groups in total. The minimum atomic E-state index is -1.99. The van der Waals surface area contributed by atoms with Crippen LogP contribution in [0.15, 0.2) is 0 Å². The van der Waals surface area contributed by atoms with Crippen molar-refractivity contribution in [3.8, 4) is 0 Å². The average molecular weight is 507 g/mol. The van der Waals surface area contributed by atoms with Crippen molar-refractivity contribution in [2.24, 2.45) is 23.7 Å². The third kappa shape index (κ3) is 7.42. The molecule has 0 unspecified atom stereocenters. The van der Waals surface area contributed by atoms with E-state index in [1.807, 2.05) is 17.7 Å². The summed E-state index contributed by atoms with van der Waals surface area (Å²) in [5.41, 5.74) is 0. The fraction of sp³-hybridized carbons (Fsp3) is 1.00. The van der Waals surface area contributed by atoms with Crippen molar-refractivity contribution >= 4 is 18.4 Å². The van der Waals surface area contributed by atoms with Gasteiger partial charge in [0.25, 0.3) is 0 Å². The van der Waals surface area contributed by atoms with E-state index in [2.05, 4.69) is 0 Å². The summed E-state index contributed by atoms with van der Waals surface area (Å²) in [7, 11) is 0. The molecule has 29 heavy (non-hydrogen) atoms. The first-order valence-corrected chi connectivity index (χ1v) is 22.4. The average Bonchev–Trinajstić information content (AvgIpc) is 3.56. The van der Waals surface area contributed by atoms with Crippen molar-refractivity contribution in [2.75, 3.05) is 0 Å². The van der Waals surface area contributed by atoms with Gasteiger partial charge in [-0.2, -0.15) is 0 Å². The van der Waals surface area contributed by atoms with Gasteiger partial charge in [-0.05, 0) is 0 Å². The molecule has 0 bridgehead atoms. The van der Waals surface area contributed by atoms with Gasteiger partial charge >= 0.3 is 188 Å². The first-order valence-electron chi connectivity index (χ1n) is 14.3. The summed E-state index contributed by atoms with van der Waals surface area (Å²) >= 11 is -1.99. The third-order valence-electron chi connectivity index (χ3n) is 10.2. The summed E-state index contributed by atoms with van der Waals surface area (Å²) in [6.45, 7) is 0. The molecule has 168 valence electrons. The molecule has 0 aromatic carbocycles. The molecule has 0 spiro atoms. The predicted octanol–water partition coefficient (Wildman–Crippen LogP) is 9.76. The van der Waals surface area contributed by atoms with E-state index in [4.69, 9.17) is 0 Å². The SMILES string of the molecule is C1CCC(C[CH2][Sn]([CH2]CC2CCCC2)([CH2]CC2CCCC2)[CH2]CC2CCCC2)C1. The Labute approximate surface area is 187 Å². The molecule has 0 radical (unpaired) electrons. The first kappa shape index (κ1) is 23.0. The summed E-state index contributed by atoms with van der Waals surface area (Å²) in [6, 6.07) is 0. The van der Waals surface area contributed by atoms with Crippen molar-refractivity contribution in [2.45, 2.75) is 146 Å². The van der Waals surface area contributed by atoms with Crippen LogP contribution in [0, 0.1) is 23.7 Å². The molecule has 0 aliphatic heterocycles. The maximum absolute atomic E-state index is 1.99. The van der Waals surface area contributed by atoms with Crippen LogP contribution in [-0.4, -0.2) is 18.4 Å². The summed E-state index contributed by atoms with van der Waals surface area (Å²) < 4.78 is 7.24. The Kier molecular flexibility index (Phi) is 9.62. The standard InChI is InChI=1S/4C7H13.Sn/c4*1-2-7-5-3-4-6-7;/h4*7H,1-6H2;. The monoisotopic (exact) mass is 508 g/mol. The molecular formula is C28H52Sn. The fourth-order valence-electron chi connectivity index (χ4n) is 7.99. The van der Waals surface area contributed by atoms with Crippen LogP contribution in [0.3, 0.4) is 0 Å². The minimum absolute atomic E-state index is 1.15. The fourth-order valence-corrected chi connectivity index (χ4v) is 23.9. The van der Waals surface area contributed by atoms with Gasteiger partial charge in [0.05, 0.1) is 0 Å². The Morgan fingerprint density at radius 2 is 0.552 bits per heavy atom. The van der Waals surface area contributed by atoms with Gasteiger partial charge in [-0.15, -0.1) is 0 Å². The van der Waals surface area contributed by atoms with Gasteiger partial charge in [0.15, 0.2) is 0 Å². The second-order valence-electron chi connectivity index (χ2n) is 12.3. The first-order chi connectivity index (χ1) is 14.3. The van der Waals surface area contributed by atoms with E-state index in [0.29, 0.717) is 0 Å². The zero-order valence-corrected chi connectivity index (χ0v) is 22.6. The van der Waals surface area contributed by atoms with Gasteiger partial charge in [-0.3, -0.25) is 0 Å². The van der Waals surface area contributed by atoms with E-state index >= 15 is 0 Å². The Morgan fingerprint density at radius 3 is 0.759 bits per heavy atom. The molecule has 1 heteroatoms. The van der Waals surface area contributed by atoms with Crippen LogP contribution >= 0.6 is 0 Å². The third-order valence-corrected chi connectivity index (χ3v) is 25.6. The number of hydrogen-bond acceptors (Lipinski definition) is 0. The van der Waals surface area contributed by atoms with Gasteiger partial charge in [0.2, 0.25) is 0 Å². The second-order valence-corrected chi connectivity index (χ2v) is 26.5. The summed E-state index contributed by atoms with van der Waals surface area (Å²) in [5.74, 6) is 4.59. The zero-order valence-electron chi connectivity index (χ0n) is 19.8. The van der Waals surface area contributed by atoms with Gasteiger partial charge in [0.1, 0.15) is 0 Å². The van der Waals surface area contributed by atoms with Gasteiger partial charge in [0, 0.05) is 0 Å². The van der Waals surface area contributed by atoms with Crippen LogP contribution < -0.4 is 0 Å². The predicted molar refractivity (Wildman–Crippen MR) is 131 cm³/mol. The van der Waals surface area contributed by atoms with Crippen molar-refractivity contribution in [3.05, 3.63) is 0 Å². The van der Waals surface area contributed by atoms with Crippen LogP contribution in [0.5, 0.6) is 0 Å². The molecule has 4 aliphatic carbocycles. The van der Waals surface area contributed by atoms with Crippen LogP contribution in [0.4, 0.5) is 0 Å². The van der Waals surface area contributed by atoms with Crippen LogP contribution in [0.2, 0.25) is 17.7 Å². The summed E-state index contributed by atoms with van der Waals surface area (Å²) in [6.07, 6.45) is 31.9. The molecule has 4 rings (SSSR count). The molecule has 0 aromatic heterocycles. The van der Waals surface area contributed by atoms with E-state index in [0.717, 1.165) is 23.7 Å². The van der Waals surface area contributed by atoms with Gasteiger partial charge in [-0.25, -0.2) is 0 Å². The molecule has 0 amide bonds. The molecule has 0 saturated heterocycles. The quantitative estimate of drug-likeness (QED) is 0.231. The van der Waals surface area contributed by atoms with E-state index in [1.165, 1.54) is 0 Å². The van der Waals surface area contributed by atoms with Crippen molar-refractivity contribution in [1.82, 2.24) is 0 Å². The van der Waals surface area contributed by atoms with E-state index < -0.39 is 18.4 Å². The molecule has 4 saturated carbocycles. The summed E-state index contributed by atoms with van der Waals surface area (Å²) in [4.78, 5) is 0. The Hall–Kier alpha value is 0.799. The number of rotatable bonds is 12. The topological polar surface area (TPSA) is 0 Å². The number of hydrogen-bond donors (Lipinski definition) is 0. The van der Waals surface area contributed by atoms with Gasteiger partial charge in [-0.1, -0.05) is 0 Å². The van der Waals surface area contributed by atoms with Gasteiger partial charge < -0.3 is 0 Å². The Bertz CT molecular complexity index is 348. The van der Waals surface area contributed by atoms with Crippen molar-refractivity contribution in [3.63, 3.8) is 0 Å². The summed E-state index contributed by atoms with van der Waals surface area (Å²) in [5, 5.41) is 0. The maximum atomic E-state index is 1.81. The van der Waals surface area contributed by atoms with E-state index in [-0.39, 0.29) is 0 Å². The van der Waals surface area contributed by atoms with E-state index in [1.54, 1.807) is 128 Å². The molecule has 4 fully saturated rings. The Balaban J connectivity index is 1.38. The van der Waals surface area contributed by atoms with Crippen LogP contribution in [0.25, 0.3) is 0 Å². The second kappa shape index (κ2) is 12.1. The normalized spacial score (nSPS) is 25.7. The molecule has 0 aromatic rings. The van der Waals surface area contributed by atoms with Crippen molar-refractivity contribution in [1.29, 1.82) is 0 Å². The van der Waals surface area contributed by atoms with Crippen LogP contribution in [0.1, 0.15) is 128 Å². The molecule has 0 nitrogen and oxygen atoms in total. The zero-order chi connectivity index (χ0) is 19.8. The molecule has 0 atom stereocenters. The van der Waals surface area contributed by atoms with E-state index in [9.17, 15) is 0 Å².